The van der Waals surface area contributed by atoms with Crippen molar-refractivity contribution >= 4 is 17.2 Å². The van der Waals surface area contributed by atoms with Gasteiger partial charge in [0, 0.05) is 24.0 Å². The summed E-state index contributed by atoms with van der Waals surface area (Å²) in [4.78, 5) is 19.0. The number of hydrogen-bond donors (Lipinski definition) is 1. The lowest BCUT2D eigenvalue weighted by molar-refractivity contribution is -0.0126. The molecule has 2 aromatic heterocycles. The number of carbonyl (C=O) groups is 1. The lowest BCUT2D eigenvalue weighted by Gasteiger charge is -2.30. The molecule has 1 aromatic carbocycles. The Morgan fingerprint density at radius 1 is 1.36 bits per heavy atom. The molecule has 1 N–H and O–H groups in total. The SMILES string of the molecule is CC1CN(C(=O)c2csc(-c3cn[nH]c3-c3ccccc3)n2)CCO1. The number of benzene rings is 1. The van der Waals surface area contributed by atoms with Crippen molar-refractivity contribution in [2.75, 3.05) is 19.7 Å². The van der Waals surface area contributed by atoms with Gasteiger partial charge in [-0.2, -0.15) is 5.10 Å². The van der Waals surface area contributed by atoms with Crippen LogP contribution in [0.2, 0.25) is 0 Å². The number of carbonyl (C=O) groups excluding carboxylic acids is 1. The number of morpholine rings is 1. The van der Waals surface area contributed by atoms with E-state index in [1.165, 1.54) is 11.3 Å². The zero-order valence-electron chi connectivity index (χ0n) is 13.8. The zero-order chi connectivity index (χ0) is 17.2. The Balaban J connectivity index is 1.60. The van der Waals surface area contributed by atoms with Crippen LogP contribution >= 0.6 is 11.3 Å². The second kappa shape index (κ2) is 6.78. The summed E-state index contributed by atoms with van der Waals surface area (Å²) < 4.78 is 5.50. The maximum Gasteiger partial charge on any atom is 0.273 e. The highest BCUT2D eigenvalue weighted by Gasteiger charge is 2.25. The third-order valence-corrected chi connectivity index (χ3v) is 5.06. The van der Waals surface area contributed by atoms with Gasteiger partial charge >= 0.3 is 0 Å². The molecule has 7 heteroatoms. The van der Waals surface area contributed by atoms with Crippen LogP contribution in [0.3, 0.4) is 0 Å². The number of aromatic nitrogens is 3. The second-order valence-corrected chi connectivity index (χ2v) is 6.85. The summed E-state index contributed by atoms with van der Waals surface area (Å²) in [7, 11) is 0. The zero-order valence-corrected chi connectivity index (χ0v) is 14.6. The minimum Gasteiger partial charge on any atom is -0.375 e. The van der Waals surface area contributed by atoms with Gasteiger partial charge in [0.25, 0.3) is 5.91 Å². The largest absolute Gasteiger partial charge is 0.375 e. The van der Waals surface area contributed by atoms with E-state index in [2.05, 4.69) is 15.2 Å². The molecule has 3 aromatic rings. The van der Waals surface area contributed by atoms with E-state index in [0.29, 0.717) is 25.4 Å². The van der Waals surface area contributed by atoms with Gasteiger partial charge in [0.2, 0.25) is 0 Å². The van der Waals surface area contributed by atoms with E-state index >= 15 is 0 Å². The first-order valence-electron chi connectivity index (χ1n) is 8.18. The Morgan fingerprint density at radius 2 is 2.20 bits per heavy atom. The minimum absolute atomic E-state index is 0.0394. The molecule has 1 amide bonds. The number of nitrogens with zero attached hydrogens (tertiary/aromatic N) is 3. The summed E-state index contributed by atoms with van der Waals surface area (Å²) >= 11 is 1.46. The van der Waals surface area contributed by atoms with E-state index in [4.69, 9.17) is 4.74 Å². The molecule has 1 unspecified atom stereocenters. The highest BCUT2D eigenvalue weighted by Crippen LogP contribution is 2.32. The number of rotatable bonds is 3. The van der Waals surface area contributed by atoms with Gasteiger partial charge in [-0.1, -0.05) is 30.3 Å². The first kappa shape index (κ1) is 16.0. The van der Waals surface area contributed by atoms with Crippen LogP contribution in [0, 0.1) is 0 Å². The topological polar surface area (TPSA) is 71.1 Å². The van der Waals surface area contributed by atoms with Crippen molar-refractivity contribution in [1.82, 2.24) is 20.1 Å². The molecule has 6 nitrogen and oxygen atoms in total. The highest BCUT2D eigenvalue weighted by atomic mass is 32.1. The van der Waals surface area contributed by atoms with Crippen LogP contribution in [0.5, 0.6) is 0 Å². The fraction of sp³-hybridized carbons (Fsp3) is 0.278. The van der Waals surface area contributed by atoms with Gasteiger partial charge < -0.3 is 9.64 Å². The molecule has 3 heterocycles. The summed E-state index contributed by atoms with van der Waals surface area (Å²) in [5, 5.41) is 9.80. The first-order chi connectivity index (χ1) is 12.2. The molecular formula is C18H18N4O2S. The van der Waals surface area contributed by atoms with Crippen molar-refractivity contribution in [3.05, 3.63) is 47.6 Å². The number of ether oxygens (including phenoxy) is 1. The molecule has 1 aliphatic heterocycles. The molecule has 0 aliphatic carbocycles. The smallest absolute Gasteiger partial charge is 0.273 e. The van der Waals surface area contributed by atoms with Crippen LogP contribution < -0.4 is 0 Å². The van der Waals surface area contributed by atoms with Gasteiger partial charge in [0.15, 0.2) is 0 Å². The van der Waals surface area contributed by atoms with Crippen molar-refractivity contribution in [1.29, 1.82) is 0 Å². The van der Waals surface area contributed by atoms with Gasteiger partial charge in [-0.15, -0.1) is 11.3 Å². The molecule has 0 bridgehead atoms. The Hall–Kier alpha value is -2.51. The van der Waals surface area contributed by atoms with Gasteiger partial charge in [0.05, 0.1) is 30.2 Å². The fourth-order valence-corrected chi connectivity index (χ4v) is 3.74. The highest BCUT2D eigenvalue weighted by molar-refractivity contribution is 7.13. The van der Waals surface area contributed by atoms with E-state index < -0.39 is 0 Å². The van der Waals surface area contributed by atoms with Crippen molar-refractivity contribution in [3.8, 4) is 21.8 Å². The molecule has 1 atom stereocenters. The molecule has 1 saturated heterocycles. The number of nitrogens with one attached hydrogen (secondary N) is 1. The van der Waals surface area contributed by atoms with Crippen LogP contribution in [0.25, 0.3) is 21.8 Å². The predicted molar refractivity (Wildman–Crippen MR) is 96.4 cm³/mol. The number of H-pyrrole nitrogens is 1. The minimum atomic E-state index is -0.0394. The molecule has 1 fully saturated rings. The molecule has 0 spiro atoms. The van der Waals surface area contributed by atoms with Crippen LogP contribution in [0.1, 0.15) is 17.4 Å². The van der Waals surface area contributed by atoms with Gasteiger partial charge in [-0.3, -0.25) is 9.89 Å². The van der Waals surface area contributed by atoms with Crippen LogP contribution in [-0.4, -0.2) is 51.8 Å². The van der Waals surface area contributed by atoms with Crippen molar-refractivity contribution in [2.45, 2.75) is 13.0 Å². The normalized spacial score (nSPS) is 17.6. The third kappa shape index (κ3) is 3.20. The molecule has 25 heavy (non-hydrogen) atoms. The van der Waals surface area contributed by atoms with E-state index in [1.807, 2.05) is 42.6 Å². The monoisotopic (exact) mass is 354 g/mol. The lowest BCUT2D eigenvalue weighted by Crippen LogP contribution is -2.44. The Labute approximate surface area is 149 Å². The average molecular weight is 354 g/mol. The maximum absolute atomic E-state index is 12.7. The molecule has 4 rings (SSSR count). The van der Waals surface area contributed by atoms with Gasteiger partial charge in [-0.25, -0.2) is 4.98 Å². The Bertz CT molecular complexity index is 874. The molecule has 128 valence electrons. The number of thiazole rings is 1. The quantitative estimate of drug-likeness (QED) is 0.785. The Morgan fingerprint density at radius 3 is 3.00 bits per heavy atom. The van der Waals surface area contributed by atoms with Gasteiger partial charge in [-0.05, 0) is 6.92 Å². The van der Waals surface area contributed by atoms with Crippen LogP contribution in [-0.2, 0) is 4.74 Å². The summed E-state index contributed by atoms with van der Waals surface area (Å²) in [5.74, 6) is -0.0394. The van der Waals surface area contributed by atoms with Crippen molar-refractivity contribution in [2.24, 2.45) is 0 Å². The lowest BCUT2D eigenvalue weighted by atomic mass is 10.1. The summed E-state index contributed by atoms with van der Waals surface area (Å²) in [6.45, 7) is 3.76. The predicted octanol–water partition coefficient (Wildman–Crippen LogP) is 3.06. The summed E-state index contributed by atoms with van der Waals surface area (Å²) in [6, 6.07) is 9.98. The number of hydrogen-bond acceptors (Lipinski definition) is 5. The van der Waals surface area contributed by atoms with Crippen molar-refractivity contribution in [3.63, 3.8) is 0 Å². The van der Waals surface area contributed by atoms with E-state index in [1.54, 1.807) is 11.1 Å². The number of amides is 1. The van der Waals surface area contributed by atoms with E-state index in [-0.39, 0.29) is 12.0 Å². The third-order valence-electron chi connectivity index (χ3n) is 4.18. The maximum atomic E-state index is 12.7. The summed E-state index contributed by atoms with van der Waals surface area (Å²) in [5.41, 5.74) is 3.34. The first-order valence-corrected chi connectivity index (χ1v) is 9.06. The standard InChI is InChI=1S/C18H18N4O2S/c1-12-10-22(7-8-24-12)18(23)15-11-25-17(20-15)14-9-19-21-16(14)13-5-3-2-4-6-13/h2-6,9,11-12H,7-8,10H2,1H3,(H,19,21). The molecular weight excluding hydrogens is 336 g/mol. The van der Waals surface area contributed by atoms with E-state index in [9.17, 15) is 4.79 Å². The van der Waals surface area contributed by atoms with Crippen molar-refractivity contribution < 1.29 is 9.53 Å². The molecule has 0 saturated carbocycles. The van der Waals surface area contributed by atoms with Gasteiger partial charge in [0.1, 0.15) is 10.7 Å². The summed E-state index contributed by atoms with van der Waals surface area (Å²) in [6.07, 6.45) is 1.82. The van der Waals surface area contributed by atoms with Crippen LogP contribution in [0.4, 0.5) is 0 Å². The second-order valence-electron chi connectivity index (χ2n) is 6.00. The van der Waals surface area contributed by atoms with E-state index in [0.717, 1.165) is 21.8 Å². The number of aromatic amines is 1. The fourth-order valence-electron chi connectivity index (χ4n) is 2.93. The average Bonchev–Trinajstić information content (AvgIpc) is 3.31. The van der Waals surface area contributed by atoms with Crippen LogP contribution in [0.15, 0.2) is 41.9 Å². The Kier molecular flexibility index (Phi) is 4.33. The molecule has 1 aliphatic rings. The molecule has 0 radical (unpaired) electrons.